The second-order valence-electron chi connectivity index (χ2n) is 8.40. The standard InChI is InChI=1S/C27H33N3O6S/c1-2-3-9-16-36-24(31)19-22-26(33)28-14-15-30(22)27(37)29-25(32)21-12-7-8-13-23(21)35-18-17-34-20-10-5-4-6-11-20/h4-8,10-13,22H,2-3,9,14-19H2,1H3,(H,28,33)(H,29,32,37). The number of rotatable bonds is 12. The third-order valence-electron chi connectivity index (χ3n) is 5.67. The van der Waals surface area contributed by atoms with Crippen LogP contribution < -0.4 is 20.1 Å². The molecule has 0 spiro atoms. The van der Waals surface area contributed by atoms with Crippen LogP contribution in [0.2, 0.25) is 0 Å². The van der Waals surface area contributed by atoms with Gasteiger partial charge in [-0.1, -0.05) is 50.1 Å². The van der Waals surface area contributed by atoms with Gasteiger partial charge in [0.05, 0.1) is 18.6 Å². The Labute approximate surface area is 222 Å². The van der Waals surface area contributed by atoms with Crippen LogP contribution >= 0.6 is 12.2 Å². The Kier molecular flexibility index (Phi) is 11.2. The van der Waals surface area contributed by atoms with E-state index in [0.717, 1.165) is 25.0 Å². The van der Waals surface area contributed by atoms with Crippen molar-refractivity contribution in [3.8, 4) is 11.5 Å². The number of ether oxygens (including phenoxy) is 3. The van der Waals surface area contributed by atoms with Gasteiger partial charge in [-0.15, -0.1) is 0 Å². The van der Waals surface area contributed by atoms with E-state index < -0.39 is 17.9 Å². The van der Waals surface area contributed by atoms with E-state index >= 15 is 0 Å². The van der Waals surface area contributed by atoms with Gasteiger partial charge in [-0.25, -0.2) is 0 Å². The van der Waals surface area contributed by atoms with Crippen molar-refractivity contribution in [2.45, 2.75) is 38.6 Å². The normalized spacial score (nSPS) is 14.9. The molecule has 9 nitrogen and oxygen atoms in total. The molecule has 2 amide bonds. The van der Waals surface area contributed by atoms with Gasteiger partial charge in [-0.05, 0) is 42.9 Å². The van der Waals surface area contributed by atoms with E-state index in [4.69, 9.17) is 26.4 Å². The first-order valence-electron chi connectivity index (χ1n) is 12.4. The molecule has 1 saturated heterocycles. The first kappa shape index (κ1) is 27.9. The highest BCUT2D eigenvalue weighted by molar-refractivity contribution is 7.80. The largest absolute Gasteiger partial charge is 0.490 e. The smallest absolute Gasteiger partial charge is 0.308 e. The lowest BCUT2D eigenvalue weighted by Gasteiger charge is -2.36. The van der Waals surface area contributed by atoms with E-state index in [9.17, 15) is 14.4 Å². The fourth-order valence-corrected chi connectivity index (χ4v) is 4.07. The van der Waals surface area contributed by atoms with Gasteiger partial charge >= 0.3 is 5.97 Å². The number of hydrogen-bond donors (Lipinski definition) is 2. The number of carbonyl (C=O) groups excluding carboxylic acids is 3. The van der Waals surface area contributed by atoms with Crippen molar-refractivity contribution in [1.82, 2.24) is 15.5 Å². The van der Waals surface area contributed by atoms with Gasteiger partial charge < -0.3 is 24.4 Å². The van der Waals surface area contributed by atoms with Gasteiger partial charge in [0.2, 0.25) is 5.91 Å². The molecule has 3 rings (SSSR count). The Balaban J connectivity index is 1.56. The monoisotopic (exact) mass is 527 g/mol. The molecule has 2 N–H and O–H groups in total. The number of hydrogen-bond acceptors (Lipinski definition) is 7. The van der Waals surface area contributed by atoms with E-state index in [-0.39, 0.29) is 29.6 Å². The predicted octanol–water partition coefficient (Wildman–Crippen LogP) is 3.08. The molecule has 2 aromatic carbocycles. The second kappa shape index (κ2) is 14.8. The van der Waals surface area contributed by atoms with Gasteiger partial charge in [0.25, 0.3) is 5.91 Å². The van der Waals surface area contributed by atoms with E-state index in [2.05, 4.69) is 17.6 Å². The van der Waals surface area contributed by atoms with Gasteiger partial charge in [0, 0.05) is 13.1 Å². The zero-order valence-corrected chi connectivity index (χ0v) is 21.8. The highest BCUT2D eigenvalue weighted by Gasteiger charge is 2.34. The third kappa shape index (κ3) is 8.75. The summed E-state index contributed by atoms with van der Waals surface area (Å²) in [4.78, 5) is 39.4. The van der Waals surface area contributed by atoms with Crippen LogP contribution in [0.25, 0.3) is 0 Å². The number of esters is 1. The summed E-state index contributed by atoms with van der Waals surface area (Å²) in [5, 5.41) is 5.48. The third-order valence-corrected chi connectivity index (χ3v) is 6.00. The van der Waals surface area contributed by atoms with Gasteiger partial charge in [-0.2, -0.15) is 0 Å². The molecule has 1 fully saturated rings. The number of nitrogens with one attached hydrogen (secondary N) is 2. The summed E-state index contributed by atoms with van der Waals surface area (Å²) in [6.07, 6.45) is 2.59. The fraction of sp³-hybridized carbons (Fsp3) is 0.407. The maximum absolute atomic E-state index is 13.1. The Morgan fingerprint density at radius 1 is 1.03 bits per heavy atom. The fourth-order valence-electron chi connectivity index (χ4n) is 3.76. The van der Waals surface area contributed by atoms with Crippen LogP contribution in [0.15, 0.2) is 54.6 Å². The maximum Gasteiger partial charge on any atom is 0.308 e. The quantitative estimate of drug-likeness (QED) is 0.247. The van der Waals surface area contributed by atoms with Gasteiger partial charge in [0.1, 0.15) is 30.8 Å². The molecule has 1 aliphatic heterocycles. The summed E-state index contributed by atoms with van der Waals surface area (Å²) in [7, 11) is 0. The van der Waals surface area contributed by atoms with Crippen LogP contribution in [0.5, 0.6) is 11.5 Å². The number of piperazine rings is 1. The van der Waals surface area contributed by atoms with Crippen molar-refractivity contribution >= 4 is 35.1 Å². The molecule has 2 aromatic rings. The van der Waals surface area contributed by atoms with Crippen molar-refractivity contribution in [2.75, 3.05) is 32.9 Å². The molecule has 1 unspecified atom stereocenters. The SMILES string of the molecule is CCCCCOC(=O)CC1C(=O)NCCN1C(=S)NC(=O)c1ccccc1OCCOc1ccccc1. The number of unbranched alkanes of at least 4 members (excludes halogenated alkanes) is 2. The lowest BCUT2D eigenvalue weighted by atomic mass is 10.1. The second-order valence-corrected chi connectivity index (χ2v) is 8.78. The summed E-state index contributed by atoms with van der Waals surface area (Å²) in [5.74, 6) is -0.184. The molecule has 10 heteroatoms. The Morgan fingerprint density at radius 2 is 1.76 bits per heavy atom. The first-order chi connectivity index (χ1) is 18.0. The minimum absolute atomic E-state index is 0.0610. The summed E-state index contributed by atoms with van der Waals surface area (Å²) in [5.41, 5.74) is 0.290. The van der Waals surface area contributed by atoms with Crippen molar-refractivity contribution in [3.63, 3.8) is 0 Å². The minimum atomic E-state index is -0.859. The number of amides is 2. The molecule has 198 valence electrons. The van der Waals surface area contributed by atoms with Crippen LogP contribution in [-0.2, 0) is 14.3 Å². The van der Waals surface area contributed by atoms with Gasteiger partial charge in [0.15, 0.2) is 5.11 Å². The molecular formula is C27H33N3O6S. The van der Waals surface area contributed by atoms with Crippen molar-refractivity contribution in [3.05, 3.63) is 60.2 Å². The molecule has 1 heterocycles. The summed E-state index contributed by atoms with van der Waals surface area (Å²) in [6.45, 7) is 3.61. The number of carbonyl (C=O) groups is 3. The lowest BCUT2D eigenvalue weighted by molar-refractivity contribution is -0.147. The zero-order chi connectivity index (χ0) is 26.5. The number of benzene rings is 2. The summed E-state index contributed by atoms with van der Waals surface area (Å²) in [6, 6.07) is 15.3. The summed E-state index contributed by atoms with van der Waals surface area (Å²) < 4.78 is 16.7. The molecule has 0 radical (unpaired) electrons. The van der Waals surface area contributed by atoms with Crippen LogP contribution in [0.4, 0.5) is 0 Å². The van der Waals surface area contributed by atoms with E-state index in [0.29, 0.717) is 32.1 Å². The van der Waals surface area contributed by atoms with Crippen molar-refractivity contribution in [1.29, 1.82) is 0 Å². The number of para-hydroxylation sites is 2. The molecule has 0 bridgehead atoms. The maximum atomic E-state index is 13.1. The topological polar surface area (TPSA) is 106 Å². The molecule has 1 aliphatic rings. The van der Waals surface area contributed by atoms with E-state index in [1.165, 1.54) is 0 Å². The van der Waals surface area contributed by atoms with Crippen LogP contribution in [0, 0.1) is 0 Å². The number of thiocarbonyl (C=S) groups is 1. The highest BCUT2D eigenvalue weighted by atomic mass is 32.1. The molecule has 1 atom stereocenters. The van der Waals surface area contributed by atoms with Crippen LogP contribution in [-0.4, -0.2) is 66.7 Å². The molecule has 37 heavy (non-hydrogen) atoms. The lowest BCUT2D eigenvalue weighted by Crippen LogP contribution is -2.60. The molecule has 0 aliphatic carbocycles. The van der Waals surface area contributed by atoms with Crippen LogP contribution in [0.3, 0.4) is 0 Å². The zero-order valence-electron chi connectivity index (χ0n) is 20.9. The highest BCUT2D eigenvalue weighted by Crippen LogP contribution is 2.19. The number of nitrogens with zero attached hydrogens (tertiary/aromatic N) is 1. The minimum Gasteiger partial charge on any atom is -0.490 e. The Morgan fingerprint density at radius 3 is 2.54 bits per heavy atom. The average Bonchev–Trinajstić information content (AvgIpc) is 2.91. The average molecular weight is 528 g/mol. The summed E-state index contributed by atoms with van der Waals surface area (Å²) >= 11 is 5.46. The Bertz CT molecular complexity index is 1070. The predicted molar refractivity (Wildman–Crippen MR) is 143 cm³/mol. The molecular weight excluding hydrogens is 494 g/mol. The Hall–Kier alpha value is -3.66. The van der Waals surface area contributed by atoms with Crippen LogP contribution in [0.1, 0.15) is 43.0 Å². The molecule has 0 saturated carbocycles. The van der Waals surface area contributed by atoms with Gasteiger partial charge in [-0.3, -0.25) is 19.7 Å². The van der Waals surface area contributed by atoms with E-state index in [1.54, 1.807) is 29.2 Å². The molecule has 0 aromatic heterocycles. The first-order valence-corrected chi connectivity index (χ1v) is 12.9. The van der Waals surface area contributed by atoms with Crippen molar-refractivity contribution < 1.29 is 28.6 Å². The van der Waals surface area contributed by atoms with E-state index in [1.807, 2.05) is 30.3 Å². The van der Waals surface area contributed by atoms with Crippen molar-refractivity contribution in [2.24, 2.45) is 0 Å².